The number of thiazole rings is 1. The number of benzene rings is 1. The zero-order valence-electron chi connectivity index (χ0n) is 12.2. The third-order valence-corrected chi connectivity index (χ3v) is 3.98. The molecule has 0 radical (unpaired) electrons. The second-order valence-corrected chi connectivity index (χ2v) is 5.44. The lowest BCUT2D eigenvalue weighted by Gasteiger charge is -2.03. The summed E-state index contributed by atoms with van der Waals surface area (Å²) in [4.78, 5) is 16.5. The van der Waals surface area contributed by atoms with Crippen molar-refractivity contribution in [3.05, 3.63) is 29.7 Å². The summed E-state index contributed by atoms with van der Waals surface area (Å²) in [6.45, 7) is 1.72. The van der Waals surface area contributed by atoms with Crippen LogP contribution in [0.5, 0.6) is 11.5 Å². The van der Waals surface area contributed by atoms with Gasteiger partial charge in [-0.2, -0.15) is 0 Å². The van der Waals surface area contributed by atoms with Crippen molar-refractivity contribution >= 4 is 32.6 Å². The van der Waals surface area contributed by atoms with E-state index >= 15 is 0 Å². The Hall–Kier alpha value is -2.61. The van der Waals surface area contributed by atoms with Gasteiger partial charge in [0.1, 0.15) is 27.5 Å². The highest BCUT2D eigenvalue weighted by atomic mass is 32.1. The van der Waals surface area contributed by atoms with Crippen molar-refractivity contribution in [1.29, 1.82) is 0 Å². The van der Waals surface area contributed by atoms with Gasteiger partial charge >= 0.3 is 0 Å². The second kappa shape index (κ2) is 5.64. The lowest BCUT2D eigenvalue weighted by atomic mass is 10.3. The number of anilines is 1. The van der Waals surface area contributed by atoms with E-state index in [9.17, 15) is 4.79 Å². The van der Waals surface area contributed by atoms with Crippen LogP contribution < -0.4 is 14.8 Å². The van der Waals surface area contributed by atoms with Crippen molar-refractivity contribution in [3.8, 4) is 11.5 Å². The lowest BCUT2D eigenvalue weighted by molar-refractivity contribution is 0.101. The molecule has 0 saturated heterocycles. The molecule has 0 aliphatic rings. The molecule has 3 aromatic rings. The maximum Gasteiger partial charge on any atom is 0.279 e. The third-order valence-electron chi connectivity index (χ3n) is 2.99. The Kier molecular flexibility index (Phi) is 3.68. The van der Waals surface area contributed by atoms with Crippen LogP contribution in [0.25, 0.3) is 10.2 Å². The fourth-order valence-electron chi connectivity index (χ4n) is 1.97. The molecule has 0 atom stereocenters. The topological polar surface area (TPSA) is 86.5 Å². The maximum absolute atomic E-state index is 12.1. The van der Waals surface area contributed by atoms with Crippen molar-refractivity contribution in [2.75, 3.05) is 19.5 Å². The predicted molar refractivity (Wildman–Crippen MR) is 81.9 cm³/mol. The summed E-state index contributed by atoms with van der Waals surface area (Å²) in [6, 6.07) is 5.13. The first-order valence-electron chi connectivity index (χ1n) is 6.38. The maximum atomic E-state index is 12.1. The molecular weight excluding hydrogens is 306 g/mol. The number of carbonyl (C=O) groups excluding carboxylic acids is 1. The van der Waals surface area contributed by atoms with Gasteiger partial charge in [0.05, 0.1) is 14.2 Å². The van der Waals surface area contributed by atoms with Crippen molar-refractivity contribution < 1.29 is 18.8 Å². The van der Waals surface area contributed by atoms with Crippen LogP contribution in [0.2, 0.25) is 0 Å². The van der Waals surface area contributed by atoms with Gasteiger partial charge < -0.3 is 14.0 Å². The molecule has 0 bridgehead atoms. The first-order chi connectivity index (χ1) is 10.6. The number of fused-ring (bicyclic) bond motifs is 1. The van der Waals surface area contributed by atoms with E-state index in [4.69, 9.17) is 14.0 Å². The average Bonchev–Trinajstić information content (AvgIpc) is 3.12. The van der Waals surface area contributed by atoms with Gasteiger partial charge in [-0.3, -0.25) is 10.1 Å². The number of hydrogen-bond donors (Lipinski definition) is 1. The van der Waals surface area contributed by atoms with Crippen LogP contribution in [0.3, 0.4) is 0 Å². The van der Waals surface area contributed by atoms with E-state index < -0.39 is 0 Å². The molecule has 0 fully saturated rings. The number of carbonyl (C=O) groups is 1. The number of rotatable bonds is 4. The highest BCUT2D eigenvalue weighted by molar-refractivity contribution is 7.22. The Morgan fingerprint density at radius 3 is 2.64 bits per heavy atom. The molecule has 22 heavy (non-hydrogen) atoms. The van der Waals surface area contributed by atoms with Gasteiger partial charge in [-0.25, -0.2) is 4.98 Å². The minimum absolute atomic E-state index is 0.204. The summed E-state index contributed by atoms with van der Waals surface area (Å²) in [5.41, 5.74) is 0.842. The van der Waals surface area contributed by atoms with Gasteiger partial charge in [-0.1, -0.05) is 16.5 Å². The molecule has 0 spiro atoms. The monoisotopic (exact) mass is 319 g/mol. The quantitative estimate of drug-likeness (QED) is 0.795. The number of nitrogens with one attached hydrogen (secondary N) is 1. The fourth-order valence-corrected chi connectivity index (χ4v) is 2.94. The van der Waals surface area contributed by atoms with Gasteiger partial charge in [0.25, 0.3) is 5.91 Å². The molecule has 2 heterocycles. The van der Waals surface area contributed by atoms with E-state index in [0.717, 1.165) is 4.70 Å². The number of aromatic nitrogens is 2. The van der Waals surface area contributed by atoms with E-state index in [1.165, 1.54) is 11.3 Å². The molecule has 1 N–H and O–H groups in total. The molecular formula is C14H13N3O4S. The lowest BCUT2D eigenvalue weighted by Crippen LogP contribution is -2.11. The fraction of sp³-hybridized carbons (Fsp3) is 0.214. The molecule has 0 aliphatic heterocycles. The number of nitrogens with zero attached hydrogens (tertiary/aromatic N) is 2. The number of methoxy groups -OCH3 is 2. The minimum atomic E-state index is -0.381. The molecule has 8 heteroatoms. The number of aryl methyl sites for hydroxylation is 1. The Morgan fingerprint density at radius 1 is 1.27 bits per heavy atom. The number of ether oxygens (including phenoxy) is 2. The predicted octanol–water partition coefficient (Wildman–Crippen LogP) is 2.86. The summed E-state index contributed by atoms with van der Waals surface area (Å²) in [5, 5.41) is 6.81. The summed E-state index contributed by atoms with van der Waals surface area (Å²) in [6.07, 6.45) is 0. The van der Waals surface area contributed by atoms with Crippen molar-refractivity contribution in [1.82, 2.24) is 10.1 Å². The van der Waals surface area contributed by atoms with Crippen LogP contribution >= 0.6 is 11.3 Å². The van der Waals surface area contributed by atoms with Crippen molar-refractivity contribution in [2.45, 2.75) is 6.92 Å². The smallest absolute Gasteiger partial charge is 0.279 e. The first kappa shape index (κ1) is 14.3. The standard InChI is InChI=1S/C14H13N3O4S/c1-7-6-8(17-21-7)13(18)16-14-15-11-9(19-2)4-5-10(20-3)12(11)22-14/h4-6H,1-3H3,(H,15,16,18). The van der Waals surface area contributed by atoms with Crippen LogP contribution in [0.15, 0.2) is 22.7 Å². The second-order valence-electron chi connectivity index (χ2n) is 4.44. The molecule has 0 unspecified atom stereocenters. The Bertz CT molecular complexity index is 799. The highest BCUT2D eigenvalue weighted by Crippen LogP contribution is 2.38. The largest absolute Gasteiger partial charge is 0.495 e. The zero-order chi connectivity index (χ0) is 15.7. The van der Waals surface area contributed by atoms with Gasteiger partial charge in [0.15, 0.2) is 10.8 Å². The summed E-state index contributed by atoms with van der Waals surface area (Å²) in [5.74, 6) is 1.47. The average molecular weight is 319 g/mol. The molecule has 3 rings (SSSR count). The Labute approximate surface area is 129 Å². The summed E-state index contributed by atoms with van der Waals surface area (Å²) in [7, 11) is 3.15. The molecule has 1 aromatic carbocycles. The SMILES string of the molecule is COc1ccc(OC)c2sc(NC(=O)c3cc(C)on3)nc12. The highest BCUT2D eigenvalue weighted by Gasteiger charge is 2.17. The Balaban J connectivity index is 1.96. The molecule has 1 amide bonds. The van der Waals surface area contributed by atoms with Gasteiger partial charge in [-0.15, -0.1) is 0 Å². The number of amides is 1. The van der Waals surface area contributed by atoms with Crippen LogP contribution in [0, 0.1) is 6.92 Å². The van der Waals surface area contributed by atoms with E-state index in [1.807, 2.05) is 0 Å². The van der Waals surface area contributed by atoms with Crippen molar-refractivity contribution in [3.63, 3.8) is 0 Å². The van der Waals surface area contributed by atoms with Crippen LogP contribution in [0.4, 0.5) is 5.13 Å². The Morgan fingerprint density at radius 2 is 2.00 bits per heavy atom. The summed E-state index contributed by atoms with van der Waals surface area (Å²) >= 11 is 1.30. The van der Waals surface area contributed by atoms with Crippen molar-refractivity contribution in [2.24, 2.45) is 0 Å². The third kappa shape index (κ3) is 2.48. The summed E-state index contributed by atoms with van der Waals surface area (Å²) < 4.78 is 16.3. The number of hydrogen-bond acceptors (Lipinski definition) is 7. The molecule has 2 aromatic heterocycles. The normalized spacial score (nSPS) is 10.7. The molecule has 114 valence electrons. The van der Waals surface area contributed by atoms with Crippen LogP contribution in [-0.4, -0.2) is 30.3 Å². The van der Waals surface area contributed by atoms with Gasteiger partial charge in [-0.05, 0) is 19.1 Å². The van der Waals surface area contributed by atoms with E-state index in [-0.39, 0.29) is 11.6 Å². The molecule has 0 saturated carbocycles. The molecule has 7 nitrogen and oxygen atoms in total. The van der Waals surface area contributed by atoms with Gasteiger partial charge in [0, 0.05) is 6.07 Å². The minimum Gasteiger partial charge on any atom is -0.495 e. The first-order valence-corrected chi connectivity index (χ1v) is 7.20. The van der Waals surface area contributed by atoms with Crippen LogP contribution in [0.1, 0.15) is 16.2 Å². The van der Waals surface area contributed by atoms with E-state index in [2.05, 4.69) is 15.5 Å². The van der Waals surface area contributed by atoms with Crippen LogP contribution in [-0.2, 0) is 0 Å². The van der Waals surface area contributed by atoms with E-state index in [0.29, 0.717) is 27.9 Å². The molecule has 0 aliphatic carbocycles. The zero-order valence-corrected chi connectivity index (χ0v) is 13.0. The van der Waals surface area contributed by atoms with Gasteiger partial charge in [0.2, 0.25) is 0 Å². The van der Waals surface area contributed by atoms with E-state index in [1.54, 1.807) is 39.3 Å².